The molecule has 31 heavy (non-hydrogen) atoms. The number of carbonyl (C=O) groups is 1. The number of aromatic nitrogens is 2. The Morgan fingerprint density at radius 3 is 2.55 bits per heavy atom. The molecule has 0 unspecified atom stereocenters. The van der Waals surface area contributed by atoms with Crippen LogP contribution in [-0.2, 0) is 5.41 Å². The minimum atomic E-state index is -0.350. The summed E-state index contributed by atoms with van der Waals surface area (Å²) >= 11 is 6.01. The third kappa shape index (κ3) is 4.19. The van der Waals surface area contributed by atoms with Crippen molar-refractivity contribution < 1.29 is 13.9 Å². The van der Waals surface area contributed by atoms with Gasteiger partial charge in [-0.2, -0.15) is 0 Å². The lowest BCUT2D eigenvalue weighted by Crippen LogP contribution is -2.40. The van der Waals surface area contributed by atoms with Crippen LogP contribution in [0, 0.1) is 0 Å². The molecule has 1 fully saturated rings. The zero-order chi connectivity index (χ0) is 22.3. The molecule has 1 aliphatic heterocycles. The zero-order valence-electron chi connectivity index (χ0n) is 18.1. The molecular formula is C23H26ClN3O4. The molecule has 0 N–H and O–H groups in total. The van der Waals surface area contributed by atoms with Crippen molar-refractivity contribution in [2.24, 2.45) is 0 Å². The number of amides is 1. The number of piperidine rings is 1. The normalized spacial score (nSPS) is 15.5. The van der Waals surface area contributed by atoms with Crippen molar-refractivity contribution in [3.05, 3.63) is 57.2 Å². The molecule has 0 spiro atoms. The van der Waals surface area contributed by atoms with Crippen LogP contribution in [0.25, 0.3) is 11.1 Å². The highest BCUT2D eigenvalue weighted by Gasteiger charge is 2.28. The lowest BCUT2D eigenvalue weighted by atomic mass is 9.87. The van der Waals surface area contributed by atoms with Crippen LogP contribution in [0.15, 0.2) is 39.5 Å². The van der Waals surface area contributed by atoms with Crippen molar-refractivity contribution in [3.63, 3.8) is 0 Å². The molecule has 2 aromatic heterocycles. The van der Waals surface area contributed by atoms with E-state index >= 15 is 0 Å². The van der Waals surface area contributed by atoms with Crippen LogP contribution >= 0.6 is 11.6 Å². The molecule has 164 valence electrons. The van der Waals surface area contributed by atoms with E-state index in [4.69, 9.17) is 20.8 Å². The number of benzene rings is 1. The summed E-state index contributed by atoms with van der Waals surface area (Å²) in [6, 6.07) is 9.02. The first kappa shape index (κ1) is 21.4. The molecule has 0 saturated carbocycles. The number of likely N-dealkylation sites (tertiary alicyclic amines) is 1. The Balaban J connectivity index is 1.56. The van der Waals surface area contributed by atoms with Crippen molar-refractivity contribution >= 4 is 28.6 Å². The number of hydrogen-bond acceptors (Lipinski definition) is 5. The van der Waals surface area contributed by atoms with E-state index in [0.29, 0.717) is 43.0 Å². The molecule has 4 rings (SSSR count). The third-order valence-corrected chi connectivity index (χ3v) is 6.02. The lowest BCUT2D eigenvalue weighted by molar-refractivity contribution is 0.0693. The molecule has 1 aliphatic rings. The molecule has 3 heterocycles. The molecular weight excluding hydrogens is 418 g/mol. The topological polar surface area (TPSA) is 77.6 Å². The van der Waals surface area contributed by atoms with Gasteiger partial charge < -0.3 is 14.1 Å². The van der Waals surface area contributed by atoms with Crippen molar-refractivity contribution in [1.82, 2.24) is 14.5 Å². The molecule has 8 heteroatoms. The number of oxazole rings is 1. The van der Waals surface area contributed by atoms with Crippen molar-refractivity contribution in [1.29, 1.82) is 0 Å². The van der Waals surface area contributed by atoms with Gasteiger partial charge in [-0.05, 0) is 42.0 Å². The van der Waals surface area contributed by atoms with Crippen molar-refractivity contribution in [2.75, 3.05) is 20.2 Å². The quantitative estimate of drug-likeness (QED) is 0.560. The van der Waals surface area contributed by atoms with Crippen LogP contribution in [0.4, 0.5) is 0 Å². The average molecular weight is 444 g/mol. The Morgan fingerprint density at radius 2 is 1.90 bits per heavy atom. The van der Waals surface area contributed by atoms with Gasteiger partial charge in [-0.3, -0.25) is 9.36 Å². The summed E-state index contributed by atoms with van der Waals surface area (Å²) in [6.07, 6.45) is 1.33. The van der Waals surface area contributed by atoms with Crippen molar-refractivity contribution in [2.45, 2.75) is 45.1 Å². The van der Waals surface area contributed by atoms with Gasteiger partial charge in [-0.1, -0.05) is 38.4 Å². The Hall–Kier alpha value is -2.80. The summed E-state index contributed by atoms with van der Waals surface area (Å²) in [5.74, 6) is -0.172. The van der Waals surface area contributed by atoms with E-state index < -0.39 is 0 Å². The molecule has 1 aromatic carbocycles. The number of carbonyl (C=O) groups excluding carboxylic acids is 1. The number of rotatable bonds is 3. The summed E-state index contributed by atoms with van der Waals surface area (Å²) < 4.78 is 12.4. The molecule has 7 nitrogen and oxygen atoms in total. The highest BCUT2D eigenvalue weighted by atomic mass is 35.5. The number of nitrogens with zero attached hydrogens (tertiary/aromatic N) is 3. The molecule has 0 bridgehead atoms. The van der Waals surface area contributed by atoms with Crippen LogP contribution in [0.1, 0.15) is 55.6 Å². The van der Waals surface area contributed by atoms with Crippen LogP contribution in [0.3, 0.4) is 0 Å². The zero-order valence-corrected chi connectivity index (χ0v) is 18.9. The maximum Gasteiger partial charge on any atom is 0.420 e. The SMILES string of the molecule is COc1cc(C(=O)N2CCC(n3c(=O)oc4ccc(C(C)(C)C)cc43)CC2)cc(Cl)n1. The predicted octanol–water partition coefficient (Wildman–Crippen LogP) is 4.43. The Labute approximate surface area is 185 Å². The van der Waals surface area contributed by atoms with Gasteiger partial charge in [0, 0.05) is 30.8 Å². The lowest BCUT2D eigenvalue weighted by Gasteiger charge is -2.32. The summed E-state index contributed by atoms with van der Waals surface area (Å²) in [5, 5.41) is 0.212. The highest BCUT2D eigenvalue weighted by Crippen LogP contribution is 2.30. The molecule has 3 aromatic rings. The van der Waals surface area contributed by atoms with E-state index in [1.807, 2.05) is 18.2 Å². The van der Waals surface area contributed by atoms with Gasteiger partial charge in [0.2, 0.25) is 5.88 Å². The van der Waals surface area contributed by atoms with Crippen LogP contribution in [0.2, 0.25) is 5.15 Å². The summed E-state index contributed by atoms with van der Waals surface area (Å²) in [6.45, 7) is 7.48. The fourth-order valence-electron chi connectivity index (χ4n) is 4.06. The van der Waals surface area contributed by atoms with E-state index in [0.717, 1.165) is 11.1 Å². The standard InChI is InChI=1S/C23H26ClN3O4/c1-23(2,3)15-5-6-18-17(13-15)27(22(29)31-18)16-7-9-26(10-8-16)21(28)14-11-19(24)25-20(12-14)30-4/h5-6,11-13,16H,7-10H2,1-4H3. The van der Waals surface area contributed by atoms with Gasteiger partial charge in [0.05, 0.1) is 12.6 Å². The summed E-state index contributed by atoms with van der Waals surface area (Å²) in [7, 11) is 1.48. The number of ether oxygens (including phenoxy) is 1. The largest absolute Gasteiger partial charge is 0.481 e. The average Bonchev–Trinajstić information content (AvgIpc) is 3.07. The number of fused-ring (bicyclic) bond motifs is 1. The van der Waals surface area contributed by atoms with Crippen LogP contribution < -0.4 is 10.5 Å². The Morgan fingerprint density at radius 1 is 1.19 bits per heavy atom. The van der Waals surface area contributed by atoms with E-state index in [1.54, 1.807) is 21.6 Å². The van der Waals surface area contributed by atoms with Gasteiger partial charge in [-0.15, -0.1) is 0 Å². The number of pyridine rings is 1. The summed E-state index contributed by atoms with van der Waals surface area (Å²) in [5.41, 5.74) is 2.96. The van der Waals surface area contributed by atoms with E-state index in [2.05, 4.69) is 25.8 Å². The smallest absolute Gasteiger partial charge is 0.420 e. The monoisotopic (exact) mass is 443 g/mol. The molecule has 0 radical (unpaired) electrons. The number of hydrogen-bond donors (Lipinski definition) is 0. The van der Waals surface area contributed by atoms with E-state index in [-0.39, 0.29) is 28.3 Å². The van der Waals surface area contributed by atoms with Crippen LogP contribution in [0.5, 0.6) is 5.88 Å². The fourth-order valence-corrected chi connectivity index (χ4v) is 4.26. The second-order valence-electron chi connectivity index (χ2n) is 8.91. The maximum atomic E-state index is 12.9. The summed E-state index contributed by atoms with van der Waals surface area (Å²) in [4.78, 5) is 31.4. The third-order valence-electron chi connectivity index (χ3n) is 5.82. The maximum absolute atomic E-state index is 12.9. The van der Waals surface area contributed by atoms with E-state index in [9.17, 15) is 9.59 Å². The first-order valence-corrected chi connectivity index (χ1v) is 10.7. The van der Waals surface area contributed by atoms with E-state index in [1.165, 1.54) is 7.11 Å². The molecule has 1 amide bonds. The number of halogens is 1. The van der Waals surface area contributed by atoms with Gasteiger partial charge in [0.25, 0.3) is 5.91 Å². The minimum absolute atomic E-state index is 0.0245. The Kier molecular flexibility index (Phi) is 5.56. The molecule has 0 aliphatic carbocycles. The second-order valence-corrected chi connectivity index (χ2v) is 9.30. The van der Waals surface area contributed by atoms with Gasteiger partial charge in [0.1, 0.15) is 5.15 Å². The number of methoxy groups -OCH3 is 1. The predicted molar refractivity (Wildman–Crippen MR) is 119 cm³/mol. The van der Waals surface area contributed by atoms with Gasteiger partial charge >= 0.3 is 5.76 Å². The van der Waals surface area contributed by atoms with Gasteiger partial charge in [-0.25, -0.2) is 9.78 Å². The van der Waals surface area contributed by atoms with Gasteiger partial charge in [0.15, 0.2) is 5.58 Å². The van der Waals surface area contributed by atoms with Crippen molar-refractivity contribution in [3.8, 4) is 5.88 Å². The molecule has 0 atom stereocenters. The minimum Gasteiger partial charge on any atom is -0.481 e. The Bertz CT molecular complexity index is 1180. The second kappa shape index (κ2) is 8.04. The highest BCUT2D eigenvalue weighted by molar-refractivity contribution is 6.29. The van der Waals surface area contributed by atoms with Crippen LogP contribution in [-0.4, -0.2) is 40.6 Å². The first-order chi connectivity index (χ1) is 14.7. The molecule has 1 saturated heterocycles. The first-order valence-electron chi connectivity index (χ1n) is 10.3. The fraction of sp³-hybridized carbons (Fsp3) is 0.435.